The Hall–Kier alpha value is 0.0200. The van der Waals surface area contributed by atoms with Crippen LogP contribution in [0.1, 0.15) is 123 Å². The van der Waals surface area contributed by atoms with E-state index in [0.717, 1.165) is 19.3 Å². The monoisotopic (exact) mass is 430 g/mol. The van der Waals surface area contributed by atoms with Crippen molar-refractivity contribution in [1.29, 1.82) is 0 Å². The first-order valence-electron chi connectivity index (χ1n) is 12.6. The number of likely N-dealkylation sites (N-methyl/N-ethyl adjacent to an activating group) is 1. The molecule has 4 heteroatoms. The topological polar surface area (TPSA) is 37.3 Å². The van der Waals surface area contributed by atoms with Crippen molar-refractivity contribution in [2.75, 3.05) is 27.7 Å². The molecule has 174 valence electrons. The summed E-state index contributed by atoms with van der Waals surface area (Å²) in [6.45, 7) is 4.88. The molecule has 0 radical (unpaired) electrons. The van der Waals surface area contributed by atoms with Crippen molar-refractivity contribution in [3.8, 4) is 0 Å². The Kier molecular flexibility index (Phi) is 18.8. The van der Waals surface area contributed by atoms with Gasteiger partial charge in [-0.05, 0) is 12.8 Å². The summed E-state index contributed by atoms with van der Waals surface area (Å²) in [5, 5.41) is 0. The highest BCUT2D eigenvalue weighted by molar-refractivity contribution is 7.70. The van der Waals surface area contributed by atoms with Gasteiger partial charge < -0.3 is 9.38 Å². The average Bonchev–Trinajstić information content (AvgIpc) is 2.65. The molecule has 1 N–H and O–H groups in total. The first kappa shape index (κ1) is 29.0. The highest BCUT2D eigenvalue weighted by Gasteiger charge is 2.29. The van der Waals surface area contributed by atoms with Gasteiger partial charge in [0.05, 0.1) is 21.1 Å². The molecule has 2 unspecified atom stereocenters. The lowest BCUT2D eigenvalue weighted by Crippen LogP contribution is -2.39. The van der Waals surface area contributed by atoms with Crippen LogP contribution < -0.4 is 0 Å². The molecule has 0 spiro atoms. The van der Waals surface area contributed by atoms with Gasteiger partial charge in [0.2, 0.25) is 5.52 Å². The van der Waals surface area contributed by atoms with Crippen LogP contribution in [0.4, 0.5) is 0 Å². The largest absolute Gasteiger partial charge is 0.366 e. The smallest absolute Gasteiger partial charge is 0.235 e. The van der Waals surface area contributed by atoms with Gasteiger partial charge in [-0.1, -0.05) is 110 Å². The summed E-state index contributed by atoms with van der Waals surface area (Å²) in [7, 11) is 4.58. The van der Waals surface area contributed by atoms with E-state index in [9.17, 15) is 9.69 Å². The number of unbranched alkanes of at least 4 members (excludes halogenated alkanes) is 13. The average molecular weight is 431 g/mol. The Morgan fingerprint density at radius 3 is 1.48 bits per heavy atom. The maximum absolute atomic E-state index is 12.4. The molecule has 0 aliphatic carbocycles. The molecule has 0 saturated heterocycles. The van der Waals surface area contributed by atoms with Crippen molar-refractivity contribution in [3.05, 3.63) is 0 Å². The molecule has 2 atom stereocenters. The van der Waals surface area contributed by atoms with Gasteiger partial charge in [0.1, 0.15) is 14.7 Å². The van der Waals surface area contributed by atoms with Crippen LogP contribution in [-0.2, 0) is 4.79 Å². The van der Waals surface area contributed by atoms with E-state index in [0.29, 0.717) is 11.0 Å². The zero-order valence-electron chi connectivity index (χ0n) is 20.6. The molecule has 0 fully saturated rings. The molecule has 0 aromatic heterocycles. The molecule has 0 saturated carbocycles. The van der Waals surface area contributed by atoms with Crippen molar-refractivity contribution < 1.29 is 14.2 Å². The lowest BCUT2D eigenvalue weighted by atomic mass is 10.0. The van der Waals surface area contributed by atoms with Crippen molar-refractivity contribution in [3.63, 3.8) is 0 Å². The van der Waals surface area contributed by atoms with Crippen LogP contribution >= 0.6 is 8.15 Å². The number of nitrogens with zero attached hydrogens (tertiary/aromatic N) is 1. The second-order valence-corrected chi connectivity index (χ2v) is 11.9. The Morgan fingerprint density at radius 1 is 0.690 bits per heavy atom. The predicted octanol–water partition coefficient (Wildman–Crippen LogP) is 7.65. The van der Waals surface area contributed by atoms with Gasteiger partial charge in [0.25, 0.3) is 0 Å². The molecule has 0 bridgehead atoms. The number of quaternary nitrogens is 1. The van der Waals surface area contributed by atoms with Gasteiger partial charge >= 0.3 is 0 Å². The second kappa shape index (κ2) is 18.8. The maximum atomic E-state index is 12.4. The maximum Gasteiger partial charge on any atom is 0.235 e. The number of hydrogen-bond donors (Lipinski definition) is 1. The van der Waals surface area contributed by atoms with Crippen LogP contribution in [0.2, 0.25) is 0 Å². The molecule has 3 nitrogen and oxygen atoms in total. The Morgan fingerprint density at radius 2 is 1.10 bits per heavy atom. The summed E-state index contributed by atoms with van der Waals surface area (Å²) in [6, 6.07) is 0. The van der Waals surface area contributed by atoms with Crippen LogP contribution in [0.25, 0.3) is 0 Å². The summed E-state index contributed by atoms with van der Waals surface area (Å²) in [5.41, 5.74) is 0.294. The standard InChI is InChI=1S/C25H53NO2P/c1-6-8-9-10-11-12-13-14-15-16-17-18-19-20-22-24(21-7-2)29(28)25(27)23-26(3,4)5/h24,28H,6-23H2,1-5H3/q+1. The number of hydrogen-bond acceptors (Lipinski definition) is 2. The van der Waals surface area contributed by atoms with E-state index in [1.165, 1.54) is 89.9 Å². The molecule has 0 aliphatic heterocycles. The molecule has 29 heavy (non-hydrogen) atoms. The summed E-state index contributed by atoms with van der Waals surface area (Å²) in [5.74, 6) is 0. The first-order valence-corrected chi connectivity index (χ1v) is 14.0. The van der Waals surface area contributed by atoms with E-state index in [4.69, 9.17) is 0 Å². The third-order valence-electron chi connectivity index (χ3n) is 5.72. The highest BCUT2D eigenvalue weighted by atomic mass is 31.1. The van der Waals surface area contributed by atoms with E-state index in [-0.39, 0.29) is 11.2 Å². The van der Waals surface area contributed by atoms with Crippen LogP contribution in [0.15, 0.2) is 0 Å². The molecular formula is C25H53NO2P+. The zero-order chi connectivity index (χ0) is 22.0. The third kappa shape index (κ3) is 18.5. The summed E-state index contributed by atoms with van der Waals surface area (Å²) in [6.07, 6.45) is 22.2. The number of carbonyl (C=O) groups excluding carboxylic acids is 1. The van der Waals surface area contributed by atoms with Crippen LogP contribution in [0, 0.1) is 0 Å². The fourth-order valence-corrected chi connectivity index (χ4v) is 5.88. The van der Waals surface area contributed by atoms with Crippen LogP contribution in [0.3, 0.4) is 0 Å². The fourth-order valence-electron chi connectivity index (χ4n) is 3.98. The molecule has 0 amide bonds. The van der Waals surface area contributed by atoms with Gasteiger partial charge in [0.15, 0.2) is 0 Å². The van der Waals surface area contributed by atoms with E-state index in [1.807, 2.05) is 21.1 Å². The highest BCUT2D eigenvalue weighted by Crippen LogP contribution is 2.43. The fraction of sp³-hybridized carbons (Fsp3) is 0.960. The van der Waals surface area contributed by atoms with Gasteiger partial charge in [-0.15, -0.1) is 0 Å². The first-order chi connectivity index (χ1) is 13.8. The van der Waals surface area contributed by atoms with Gasteiger partial charge in [0, 0.05) is 5.66 Å². The molecule has 0 aliphatic rings. The lowest BCUT2D eigenvalue weighted by molar-refractivity contribution is -0.861. The van der Waals surface area contributed by atoms with E-state index in [1.54, 1.807) is 0 Å². The third-order valence-corrected chi connectivity index (χ3v) is 7.58. The van der Waals surface area contributed by atoms with Crippen LogP contribution in [-0.4, -0.2) is 48.2 Å². The molecule has 0 heterocycles. The molecular weight excluding hydrogens is 377 g/mol. The second-order valence-electron chi connectivity index (χ2n) is 10.0. The van der Waals surface area contributed by atoms with Crippen LogP contribution in [0.5, 0.6) is 0 Å². The molecule has 0 aromatic carbocycles. The summed E-state index contributed by atoms with van der Waals surface area (Å²) < 4.78 is 0.607. The van der Waals surface area contributed by atoms with Crippen molar-refractivity contribution >= 4 is 13.7 Å². The Labute approximate surface area is 184 Å². The summed E-state index contributed by atoms with van der Waals surface area (Å²) in [4.78, 5) is 23.0. The minimum absolute atomic E-state index is 0.0799. The zero-order valence-corrected chi connectivity index (χ0v) is 21.4. The normalized spacial score (nSPS) is 14.1. The SMILES string of the molecule is CCCCCCCCCCCCCCCCC(CCC)P(O)C(=O)C[N+](C)(C)C. The van der Waals surface area contributed by atoms with Gasteiger partial charge in [-0.2, -0.15) is 0 Å². The minimum atomic E-state index is -1.47. The van der Waals surface area contributed by atoms with Crippen molar-refractivity contribution in [2.24, 2.45) is 0 Å². The summed E-state index contributed by atoms with van der Waals surface area (Å²) >= 11 is 0. The Bertz CT molecular complexity index is 382. The predicted molar refractivity (Wildman–Crippen MR) is 131 cm³/mol. The van der Waals surface area contributed by atoms with Crippen molar-refractivity contribution in [2.45, 2.75) is 129 Å². The molecule has 0 aromatic rings. The Balaban J connectivity index is 3.70. The van der Waals surface area contributed by atoms with E-state index < -0.39 is 8.15 Å². The van der Waals surface area contributed by atoms with E-state index in [2.05, 4.69) is 13.8 Å². The quantitative estimate of drug-likeness (QED) is 0.115. The number of carbonyl (C=O) groups is 1. The van der Waals surface area contributed by atoms with Crippen molar-refractivity contribution in [1.82, 2.24) is 0 Å². The lowest BCUT2D eigenvalue weighted by Gasteiger charge is -2.27. The number of rotatable bonds is 21. The minimum Gasteiger partial charge on any atom is -0.366 e. The van der Waals surface area contributed by atoms with Gasteiger partial charge in [-0.25, -0.2) is 0 Å². The van der Waals surface area contributed by atoms with Gasteiger partial charge in [-0.3, -0.25) is 4.79 Å². The molecule has 0 rings (SSSR count). The van der Waals surface area contributed by atoms with E-state index >= 15 is 0 Å².